The molecule has 0 fully saturated rings. The molecular formula is C20H26O2Si. The van der Waals surface area contributed by atoms with Gasteiger partial charge in [0.1, 0.15) is 8.07 Å². The Morgan fingerprint density at radius 3 is 2.52 bits per heavy atom. The van der Waals surface area contributed by atoms with Gasteiger partial charge in [0.15, 0.2) is 6.61 Å². The van der Waals surface area contributed by atoms with E-state index in [1.165, 1.54) is 0 Å². The number of ether oxygens (including phenoxy) is 1. The molecule has 0 amide bonds. The molecule has 1 aromatic rings. The first-order valence-corrected chi connectivity index (χ1v) is 11.6. The third kappa shape index (κ3) is 8.88. The van der Waals surface area contributed by atoms with Gasteiger partial charge in [-0.15, -0.1) is 11.3 Å². The van der Waals surface area contributed by atoms with E-state index in [-0.39, 0.29) is 12.6 Å². The van der Waals surface area contributed by atoms with Crippen molar-refractivity contribution in [1.29, 1.82) is 0 Å². The van der Waals surface area contributed by atoms with Gasteiger partial charge >= 0.3 is 5.97 Å². The fourth-order valence-electron chi connectivity index (χ4n) is 1.80. The summed E-state index contributed by atoms with van der Waals surface area (Å²) in [7, 11) is -1.42. The number of rotatable bonds is 6. The van der Waals surface area contributed by atoms with E-state index in [2.05, 4.69) is 43.8 Å². The lowest BCUT2D eigenvalue weighted by Crippen LogP contribution is -2.17. The quantitative estimate of drug-likeness (QED) is 0.246. The van der Waals surface area contributed by atoms with Crippen LogP contribution in [0.1, 0.15) is 31.7 Å². The number of benzene rings is 1. The third-order valence-electron chi connectivity index (χ3n) is 2.98. The van der Waals surface area contributed by atoms with Gasteiger partial charge < -0.3 is 4.74 Å². The van der Waals surface area contributed by atoms with Gasteiger partial charge in [-0.3, -0.25) is 0 Å². The Bertz CT molecular complexity index is 621. The van der Waals surface area contributed by atoms with Gasteiger partial charge in [-0.05, 0) is 24.5 Å². The summed E-state index contributed by atoms with van der Waals surface area (Å²) in [5.74, 6) is 2.65. The third-order valence-corrected chi connectivity index (χ3v) is 3.90. The molecule has 122 valence electrons. The number of unbranched alkanes of at least 4 members (excludes halogenated alkanes) is 1. The van der Waals surface area contributed by atoms with Crippen LogP contribution in [0.25, 0.3) is 6.08 Å². The van der Waals surface area contributed by atoms with Crippen LogP contribution >= 0.6 is 0 Å². The van der Waals surface area contributed by atoms with Crippen LogP contribution in [0, 0.1) is 11.5 Å². The van der Waals surface area contributed by atoms with Crippen LogP contribution in [0.3, 0.4) is 0 Å². The molecule has 0 bridgehead atoms. The van der Waals surface area contributed by atoms with Gasteiger partial charge in [0.2, 0.25) is 0 Å². The van der Waals surface area contributed by atoms with Gasteiger partial charge in [-0.1, -0.05) is 69.2 Å². The molecule has 0 aliphatic carbocycles. The smallest absolute Gasteiger partial charge is 0.342 e. The van der Waals surface area contributed by atoms with E-state index in [1.54, 1.807) is 0 Å². The van der Waals surface area contributed by atoms with Gasteiger partial charge in [0.25, 0.3) is 0 Å². The first-order chi connectivity index (χ1) is 10.9. The maximum atomic E-state index is 12.2. The Kier molecular flexibility index (Phi) is 8.19. The highest BCUT2D eigenvalue weighted by Gasteiger charge is 2.10. The summed E-state index contributed by atoms with van der Waals surface area (Å²) in [6.45, 7) is 8.75. The van der Waals surface area contributed by atoms with Crippen molar-refractivity contribution < 1.29 is 9.53 Å². The largest absolute Gasteiger partial charge is 0.449 e. The lowest BCUT2D eigenvalue weighted by molar-refractivity contribution is -0.137. The van der Waals surface area contributed by atoms with Gasteiger partial charge in [-0.25, -0.2) is 4.79 Å². The van der Waals surface area contributed by atoms with E-state index in [9.17, 15) is 4.79 Å². The highest BCUT2D eigenvalue weighted by Crippen LogP contribution is 2.10. The molecule has 0 radical (unpaired) electrons. The maximum Gasteiger partial charge on any atom is 0.342 e. The van der Waals surface area contributed by atoms with Gasteiger partial charge in [-0.2, -0.15) is 0 Å². The number of carbonyl (C=O) groups is 1. The molecule has 0 heterocycles. The summed E-state index contributed by atoms with van der Waals surface area (Å²) in [6.07, 6.45) is 4.49. The lowest BCUT2D eigenvalue weighted by Gasteiger charge is -2.05. The van der Waals surface area contributed by atoms with Crippen molar-refractivity contribution in [3.8, 4) is 11.5 Å². The molecule has 0 unspecified atom stereocenters. The first-order valence-electron chi connectivity index (χ1n) is 8.10. The van der Waals surface area contributed by atoms with Crippen LogP contribution in [0.5, 0.6) is 0 Å². The lowest BCUT2D eigenvalue weighted by atomic mass is 10.1. The monoisotopic (exact) mass is 326 g/mol. The number of esters is 1. The molecule has 0 N–H and O–H groups in total. The first kappa shape index (κ1) is 19.0. The highest BCUT2D eigenvalue weighted by atomic mass is 28.3. The van der Waals surface area contributed by atoms with Crippen molar-refractivity contribution in [2.75, 3.05) is 6.61 Å². The van der Waals surface area contributed by atoms with Crippen LogP contribution in [0.15, 0.2) is 41.6 Å². The van der Waals surface area contributed by atoms with Crippen LogP contribution in [-0.2, 0) is 9.53 Å². The normalized spacial score (nSPS) is 10.1. The molecule has 1 aromatic carbocycles. The Morgan fingerprint density at radius 2 is 1.91 bits per heavy atom. The molecule has 23 heavy (non-hydrogen) atoms. The van der Waals surface area contributed by atoms with E-state index in [0.717, 1.165) is 18.4 Å². The average molecular weight is 327 g/mol. The van der Waals surface area contributed by atoms with E-state index in [0.29, 0.717) is 12.0 Å². The second kappa shape index (κ2) is 9.89. The summed E-state index contributed by atoms with van der Waals surface area (Å²) in [4.78, 5) is 12.2. The second-order valence-electron chi connectivity index (χ2n) is 6.41. The van der Waals surface area contributed by atoms with E-state index >= 15 is 0 Å². The topological polar surface area (TPSA) is 26.3 Å². The van der Waals surface area contributed by atoms with E-state index in [4.69, 9.17) is 4.74 Å². The Morgan fingerprint density at radius 1 is 1.22 bits per heavy atom. The SMILES string of the molecule is CCCCC(=C=Cc1ccccc1)C(=O)OCC#C[Si](C)(C)C. The fourth-order valence-corrected chi connectivity index (χ4v) is 2.40. The molecule has 0 spiro atoms. The number of hydrogen-bond acceptors (Lipinski definition) is 2. The summed E-state index contributed by atoms with van der Waals surface area (Å²) >= 11 is 0. The summed E-state index contributed by atoms with van der Waals surface area (Å²) in [5.41, 5.74) is 7.91. The fraction of sp³-hybridized carbons (Fsp3) is 0.400. The van der Waals surface area contributed by atoms with Crippen molar-refractivity contribution in [2.45, 2.75) is 45.8 Å². The van der Waals surface area contributed by atoms with Crippen LogP contribution in [0.2, 0.25) is 19.6 Å². The van der Waals surface area contributed by atoms with Crippen LogP contribution < -0.4 is 0 Å². The minimum Gasteiger partial charge on any atom is -0.449 e. The molecule has 0 aliphatic rings. The van der Waals surface area contributed by atoms with Gasteiger partial charge in [0, 0.05) is 0 Å². The van der Waals surface area contributed by atoms with Crippen molar-refractivity contribution in [2.24, 2.45) is 0 Å². The van der Waals surface area contributed by atoms with Crippen LogP contribution in [0.4, 0.5) is 0 Å². The Hall–Kier alpha value is -2.01. The predicted molar refractivity (Wildman–Crippen MR) is 99.5 cm³/mol. The minimum absolute atomic E-state index is 0.158. The molecule has 2 nitrogen and oxygen atoms in total. The Balaban J connectivity index is 2.78. The van der Waals surface area contributed by atoms with Crippen molar-refractivity contribution in [1.82, 2.24) is 0 Å². The molecule has 0 aromatic heterocycles. The summed E-state index contributed by atoms with van der Waals surface area (Å²) < 4.78 is 5.28. The van der Waals surface area contributed by atoms with Crippen molar-refractivity contribution in [3.63, 3.8) is 0 Å². The molecule has 3 heteroatoms. The number of carbonyl (C=O) groups excluding carboxylic acids is 1. The second-order valence-corrected chi connectivity index (χ2v) is 11.2. The zero-order valence-electron chi connectivity index (χ0n) is 14.6. The zero-order valence-corrected chi connectivity index (χ0v) is 15.6. The summed E-state index contributed by atoms with van der Waals surface area (Å²) in [6, 6.07) is 9.85. The molecule has 0 aliphatic heterocycles. The Labute approximate surface area is 141 Å². The standard InChI is InChI=1S/C20H26O2Si/c1-5-6-13-19(15-14-18-11-8-7-9-12-18)20(21)22-16-10-17-23(2,3)4/h7-9,11-12,14H,5-6,13,16H2,1-4H3. The molecule has 0 saturated carbocycles. The maximum absolute atomic E-state index is 12.2. The molecule has 1 rings (SSSR count). The summed E-state index contributed by atoms with van der Waals surface area (Å²) in [5, 5.41) is 0. The van der Waals surface area contributed by atoms with Crippen molar-refractivity contribution in [3.05, 3.63) is 47.2 Å². The van der Waals surface area contributed by atoms with Gasteiger partial charge in [0.05, 0.1) is 5.57 Å². The molecule has 0 saturated heterocycles. The van der Waals surface area contributed by atoms with E-state index in [1.807, 2.05) is 36.4 Å². The molecule has 0 atom stereocenters. The van der Waals surface area contributed by atoms with E-state index < -0.39 is 8.07 Å². The average Bonchev–Trinajstić information content (AvgIpc) is 2.51. The minimum atomic E-state index is -1.42. The van der Waals surface area contributed by atoms with Crippen LogP contribution in [-0.4, -0.2) is 20.7 Å². The highest BCUT2D eigenvalue weighted by molar-refractivity contribution is 6.83. The zero-order chi connectivity index (χ0) is 17.1. The predicted octanol–water partition coefficient (Wildman–Crippen LogP) is 4.84. The number of hydrogen-bond donors (Lipinski definition) is 0. The van der Waals surface area contributed by atoms with Crippen molar-refractivity contribution >= 4 is 20.1 Å². The molecular weight excluding hydrogens is 300 g/mol.